The van der Waals surface area contributed by atoms with Gasteiger partial charge in [-0.15, -0.1) is 5.10 Å². The first-order valence-electron chi connectivity index (χ1n) is 6.99. The maximum absolute atomic E-state index is 12.1. The maximum Gasteiger partial charge on any atom is 0.326 e. The van der Waals surface area contributed by atoms with E-state index < -0.39 is 17.9 Å². The van der Waals surface area contributed by atoms with Gasteiger partial charge in [-0.2, -0.15) is 0 Å². The number of amides is 1. The number of aliphatic carboxylic acids is 1. The zero-order valence-corrected chi connectivity index (χ0v) is 12.4. The molecular weight excluding hydrogens is 284 g/mol. The average molecular weight is 302 g/mol. The Kier molecular flexibility index (Phi) is 4.88. The van der Waals surface area contributed by atoms with Crippen LogP contribution >= 0.6 is 0 Å². The second-order valence-electron chi connectivity index (χ2n) is 5.38. The lowest BCUT2D eigenvalue weighted by molar-refractivity contribution is -0.139. The molecule has 2 N–H and O–H groups in total. The van der Waals surface area contributed by atoms with Crippen molar-refractivity contribution in [2.24, 2.45) is 5.92 Å². The molecule has 1 atom stereocenters. The van der Waals surface area contributed by atoms with Crippen LogP contribution in [-0.2, 0) is 4.79 Å². The Bertz CT molecular complexity index is 652. The molecule has 0 saturated heterocycles. The minimum Gasteiger partial charge on any atom is -0.480 e. The molecule has 0 spiro atoms. The standard InChI is InChI=1S/C15H18N4O3/c1-10(2)8-12(15(21)22)16-14(20)13-9-19(18-17-13)11-6-4-3-5-7-11/h3-7,9-10,12H,8H2,1-2H3,(H,16,20)(H,21,22). The molecule has 1 unspecified atom stereocenters. The highest BCUT2D eigenvalue weighted by Crippen LogP contribution is 2.08. The normalized spacial score (nSPS) is 12.1. The fraction of sp³-hybridized carbons (Fsp3) is 0.333. The zero-order chi connectivity index (χ0) is 16.1. The van der Waals surface area contributed by atoms with Gasteiger partial charge in [0.2, 0.25) is 0 Å². The largest absolute Gasteiger partial charge is 0.480 e. The number of carbonyl (C=O) groups excluding carboxylic acids is 1. The van der Waals surface area contributed by atoms with Gasteiger partial charge in [-0.1, -0.05) is 37.3 Å². The van der Waals surface area contributed by atoms with Gasteiger partial charge in [0.1, 0.15) is 6.04 Å². The molecule has 0 radical (unpaired) electrons. The minimum absolute atomic E-state index is 0.0823. The summed E-state index contributed by atoms with van der Waals surface area (Å²) in [5.74, 6) is -1.45. The summed E-state index contributed by atoms with van der Waals surface area (Å²) in [7, 11) is 0. The van der Waals surface area contributed by atoms with E-state index in [-0.39, 0.29) is 11.6 Å². The highest BCUT2D eigenvalue weighted by molar-refractivity contribution is 5.94. The zero-order valence-electron chi connectivity index (χ0n) is 12.4. The molecule has 0 saturated carbocycles. The third-order valence-electron chi connectivity index (χ3n) is 3.06. The second kappa shape index (κ2) is 6.84. The molecule has 1 aromatic heterocycles. The summed E-state index contributed by atoms with van der Waals surface area (Å²) in [6, 6.07) is 8.29. The Balaban J connectivity index is 2.10. The number of benzene rings is 1. The van der Waals surface area contributed by atoms with Crippen molar-refractivity contribution in [3.8, 4) is 5.69 Å². The molecule has 1 heterocycles. The first-order valence-corrected chi connectivity index (χ1v) is 6.99. The lowest BCUT2D eigenvalue weighted by Crippen LogP contribution is -2.41. The van der Waals surface area contributed by atoms with Gasteiger partial charge in [-0.3, -0.25) is 4.79 Å². The SMILES string of the molecule is CC(C)CC(NC(=O)c1cn(-c2ccccc2)nn1)C(=O)O. The smallest absolute Gasteiger partial charge is 0.326 e. The van der Waals surface area contributed by atoms with Crippen LogP contribution in [-0.4, -0.2) is 38.0 Å². The number of carbonyl (C=O) groups is 2. The first-order chi connectivity index (χ1) is 10.5. The predicted molar refractivity (Wildman–Crippen MR) is 79.7 cm³/mol. The van der Waals surface area contributed by atoms with Crippen LogP contribution in [0.2, 0.25) is 0 Å². The number of nitrogens with one attached hydrogen (secondary N) is 1. The molecule has 0 bridgehead atoms. The number of rotatable bonds is 6. The summed E-state index contributed by atoms with van der Waals surface area (Å²) >= 11 is 0. The van der Waals surface area contributed by atoms with Crippen molar-refractivity contribution >= 4 is 11.9 Å². The second-order valence-corrected chi connectivity index (χ2v) is 5.38. The van der Waals surface area contributed by atoms with Gasteiger partial charge in [-0.25, -0.2) is 9.48 Å². The fourth-order valence-electron chi connectivity index (χ4n) is 2.00. The number of aromatic nitrogens is 3. The summed E-state index contributed by atoms with van der Waals surface area (Å²) in [5, 5.41) is 19.3. The van der Waals surface area contributed by atoms with E-state index in [1.165, 1.54) is 10.9 Å². The van der Waals surface area contributed by atoms with E-state index >= 15 is 0 Å². The lowest BCUT2D eigenvalue weighted by atomic mass is 10.0. The Morgan fingerprint density at radius 2 is 1.95 bits per heavy atom. The summed E-state index contributed by atoms with van der Waals surface area (Å²) in [6.07, 6.45) is 1.83. The van der Waals surface area contributed by atoms with Crippen LogP contribution in [0, 0.1) is 5.92 Å². The summed E-state index contributed by atoms with van der Waals surface area (Å²) < 4.78 is 1.47. The Morgan fingerprint density at radius 3 is 2.55 bits per heavy atom. The van der Waals surface area contributed by atoms with Gasteiger partial charge < -0.3 is 10.4 Å². The number of hydrogen-bond acceptors (Lipinski definition) is 4. The minimum atomic E-state index is -1.06. The molecule has 1 amide bonds. The molecule has 7 nitrogen and oxygen atoms in total. The molecule has 2 rings (SSSR count). The molecular formula is C15H18N4O3. The topological polar surface area (TPSA) is 97.1 Å². The molecule has 1 aromatic carbocycles. The van der Waals surface area contributed by atoms with Crippen molar-refractivity contribution < 1.29 is 14.7 Å². The van der Waals surface area contributed by atoms with Crippen molar-refractivity contribution in [1.82, 2.24) is 20.3 Å². The molecule has 0 aliphatic carbocycles. The van der Waals surface area contributed by atoms with Gasteiger partial charge >= 0.3 is 5.97 Å². The van der Waals surface area contributed by atoms with Crippen LogP contribution in [0.5, 0.6) is 0 Å². The molecule has 0 aliphatic rings. The van der Waals surface area contributed by atoms with Crippen molar-refractivity contribution in [3.05, 3.63) is 42.2 Å². The van der Waals surface area contributed by atoms with E-state index in [0.717, 1.165) is 5.69 Å². The van der Waals surface area contributed by atoms with E-state index in [0.29, 0.717) is 6.42 Å². The third-order valence-corrected chi connectivity index (χ3v) is 3.06. The van der Waals surface area contributed by atoms with E-state index in [4.69, 9.17) is 5.11 Å². The summed E-state index contributed by atoms with van der Waals surface area (Å²) in [4.78, 5) is 23.3. The van der Waals surface area contributed by atoms with E-state index in [1.54, 1.807) is 0 Å². The molecule has 116 valence electrons. The van der Waals surface area contributed by atoms with Gasteiger partial charge in [-0.05, 0) is 24.5 Å². The average Bonchev–Trinajstić information content (AvgIpc) is 2.96. The summed E-state index contributed by atoms with van der Waals surface area (Å²) in [6.45, 7) is 3.79. The van der Waals surface area contributed by atoms with Crippen molar-refractivity contribution in [3.63, 3.8) is 0 Å². The number of nitrogens with zero attached hydrogens (tertiary/aromatic N) is 3. The van der Waals surface area contributed by atoms with Crippen molar-refractivity contribution in [2.75, 3.05) is 0 Å². The Labute approximate surface area is 128 Å². The van der Waals surface area contributed by atoms with Gasteiger partial charge in [0.05, 0.1) is 11.9 Å². The van der Waals surface area contributed by atoms with Crippen LogP contribution < -0.4 is 5.32 Å². The third kappa shape index (κ3) is 3.91. The molecule has 22 heavy (non-hydrogen) atoms. The van der Waals surface area contributed by atoms with Crippen LogP contribution in [0.15, 0.2) is 36.5 Å². The fourth-order valence-corrected chi connectivity index (χ4v) is 2.00. The Hall–Kier alpha value is -2.70. The molecule has 0 fully saturated rings. The first kappa shape index (κ1) is 15.7. The van der Waals surface area contributed by atoms with Gasteiger partial charge in [0, 0.05) is 0 Å². The Morgan fingerprint density at radius 1 is 1.27 bits per heavy atom. The highest BCUT2D eigenvalue weighted by Gasteiger charge is 2.23. The maximum atomic E-state index is 12.1. The lowest BCUT2D eigenvalue weighted by Gasteiger charge is -2.15. The monoisotopic (exact) mass is 302 g/mol. The van der Waals surface area contributed by atoms with Crippen LogP contribution in [0.1, 0.15) is 30.8 Å². The van der Waals surface area contributed by atoms with Crippen LogP contribution in [0.4, 0.5) is 0 Å². The van der Waals surface area contributed by atoms with Crippen LogP contribution in [0.25, 0.3) is 5.69 Å². The quantitative estimate of drug-likeness (QED) is 0.842. The number of carboxylic acid groups (broad SMARTS) is 1. The van der Waals surface area contributed by atoms with Gasteiger partial charge in [0.15, 0.2) is 5.69 Å². The van der Waals surface area contributed by atoms with Gasteiger partial charge in [0.25, 0.3) is 5.91 Å². The van der Waals surface area contributed by atoms with E-state index in [2.05, 4.69) is 15.6 Å². The molecule has 7 heteroatoms. The van der Waals surface area contributed by atoms with Crippen molar-refractivity contribution in [2.45, 2.75) is 26.3 Å². The summed E-state index contributed by atoms with van der Waals surface area (Å²) in [5.41, 5.74) is 0.852. The van der Waals surface area contributed by atoms with E-state index in [1.807, 2.05) is 44.2 Å². The van der Waals surface area contributed by atoms with Crippen LogP contribution in [0.3, 0.4) is 0 Å². The highest BCUT2D eigenvalue weighted by atomic mass is 16.4. The molecule has 2 aromatic rings. The number of carboxylic acids is 1. The molecule has 0 aliphatic heterocycles. The number of para-hydroxylation sites is 1. The predicted octanol–water partition coefficient (Wildman–Crippen LogP) is 1.50. The van der Waals surface area contributed by atoms with Crippen molar-refractivity contribution in [1.29, 1.82) is 0 Å². The number of hydrogen-bond donors (Lipinski definition) is 2. The van der Waals surface area contributed by atoms with E-state index in [9.17, 15) is 9.59 Å².